The second-order valence-electron chi connectivity index (χ2n) is 5.42. The van der Waals surface area contributed by atoms with Gasteiger partial charge < -0.3 is 10.0 Å². The first-order chi connectivity index (χ1) is 10.9. The molecule has 2 aliphatic heterocycles. The van der Waals surface area contributed by atoms with E-state index < -0.39 is 10.9 Å². The van der Waals surface area contributed by atoms with Crippen LogP contribution in [0.4, 0.5) is 5.69 Å². The molecule has 7 nitrogen and oxygen atoms in total. The van der Waals surface area contributed by atoms with Gasteiger partial charge in [0, 0.05) is 28.4 Å². The molecule has 2 heterocycles. The van der Waals surface area contributed by atoms with Gasteiger partial charge in [0.2, 0.25) is 5.91 Å². The van der Waals surface area contributed by atoms with Crippen LogP contribution in [0.1, 0.15) is 19.8 Å². The lowest BCUT2D eigenvalue weighted by Crippen LogP contribution is -2.58. The van der Waals surface area contributed by atoms with E-state index >= 15 is 0 Å². The molecule has 1 aromatic rings. The molecule has 1 fully saturated rings. The van der Waals surface area contributed by atoms with E-state index in [-0.39, 0.29) is 29.3 Å². The van der Waals surface area contributed by atoms with E-state index in [2.05, 4.69) is 0 Å². The number of thioether (sulfide) groups is 1. The third kappa shape index (κ3) is 2.48. The number of aliphatic carboxylic acids is 1. The number of carboxylic acid groups (broad SMARTS) is 1. The molecule has 8 heteroatoms. The van der Waals surface area contributed by atoms with Crippen LogP contribution in [0.3, 0.4) is 0 Å². The van der Waals surface area contributed by atoms with E-state index in [9.17, 15) is 24.8 Å². The Hall–Kier alpha value is -2.35. The molecule has 0 spiro atoms. The molecule has 2 unspecified atom stereocenters. The molecule has 0 bridgehead atoms. The second kappa shape index (κ2) is 5.69. The van der Waals surface area contributed by atoms with Gasteiger partial charge in [0.15, 0.2) is 0 Å². The molecule has 2 atom stereocenters. The molecule has 23 heavy (non-hydrogen) atoms. The first kappa shape index (κ1) is 15.5. The molecule has 1 N–H and O–H groups in total. The summed E-state index contributed by atoms with van der Waals surface area (Å²) in [5.41, 5.74) is 0.0336. The number of hydrogen-bond donors (Lipinski definition) is 1. The zero-order chi connectivity index (χ0) is 16.7. The number of nitro groups is 1. The zero-order valence-corrected chi connectivity index (χ0v) is 13.1. The Kier molecular flexibility index (Phi) is 3.85. The Labute approximate surface area is 136 Å². The molecule has 1 aromatic carbocycles. The molecule has 0 saturated carbocycles. The number of carboxylic acids is 1. The quantitative estimate of drug-likeness (QED) is 0.505. The average Bonchev–Trinajstić information content (AvgIpc) is 2.83. The second-order valence-corrected chi connectivity index (χ2v) is 6.59. The molecule has 3 rings (SSSR count). The van der Waals surface area contributed by atoms with Gasteiger partial charge in [0.1, 0.15) is 5.70 Å². The Morgan fingerprint density at radius 2 is 2.09 bits per heavy atom. The molecule has 0 aliphatic carbocycles. The normalized spacial score (nSPS) is 22.8. The fraction of sp³-hybridized carbons (Fsp3) is 0.333. The van der Waals surface area contributed by atoms with Gasteiger partial charge in [-0.05, 0) is 18.6 Å². The van der Waals surface area contributed by atoms with Crippen LogP contribution in [0.5, 0.6) is 0 Å². The number of carbonyl (C=O) groups excluding carboxylic acids is 1. The van der Waals surface area contributed by atoms with Crippen molar-refractivity contribution in [1.29, 1.82) is 0 Å². The number of nitrogens with zero attached hydrogens (tertiary/aromatic N) is 2. The van der Waals surface area contributed by atoms with Gasteiger partial charge in [-0.1, -0.05) is 18.7 Å². The number of β-lactam (4-membered cyclic amide) rings is 1. The van der Waals surface area contributed by atoms with Crippen LogP contribution in [-0.2, 0) is 9.59 Å². The maximum atomic E-state index is 12.1. The fourth-order valence-electron chi connectivity index (χ4n) is 3.07. The molecular formula is C15H14N2O5S. The maximum absolute atomic E-state index is 12.1. The van der Waals surface area contributed by atoms with Crippen molar-refractivity contribution in [3.8, 4) is 0 Å². The van der Waals surface area contributed by atoms with Crippen molar-refractivity contribution in [3.63, 3.8) is 0 Å². The number of hydrogen-bond acceptors (Lipinski definition) is 5. The smallest absolute Gasteiger partial charge is 0.353 e. The fourth-order valence-corrected chi connectivity index (χ4v) is 4.17. The Morgan fingerprint density at radius 1 is 1.43 bits per heavy atom. The monoisotopic (exact) mass is 334 g/mol. The van der Waals surface area contributed by atoms with Gasteiger partial charge in [-0.3, -0.25) is 14.9 Å². The number of amides is 1. The van der Waals surface area contributed by atoms with Crippen molar-refractivity contribution in [1.82, 2.24) is 4.90 Å². The van der Waals surface area contributed by atoms with E-state index in [0.29, 0.717) is 22.6 Å². The van der Waals surface area contributed by atoms with Gasteiger partial charge in [-0.2, -0.15) is 0 Å². The van der Waals surface area contributed by atoms with E-state index in [4.69, 9.17) is 0 Å². The summed E-state index contributed by atoms with van der Waals surface area (Å²) in [4.78, 5) is 36.5. The van der Waals surface area contributed by atoms with Gasteiger partial charge >= 0.3 is 5.97 Å². The SMILES string of the molecule is CCC1C(=O)N2C(C(=O)O)=C(Sc3ccc([N+](=O)[O-])cc3)CC12. The minimum absolute atomic E-state index is 0.0155. The summed E-state index contributed by atoms with van der Waals surface area (Å²) in [5.74, 6) is -1.35. The summed E-state index contributed by atoms with van der Waals surface area (Å²) in [6.45, 7) is 1.92. The largest absolute Gasteiger partial charge is 0.477 e. The van der Waals surface area contributed by atoms with Crippen LogP contribution in [-0.4, -0.2) is 32.8 Å². The lowest BCUT2D eigenvalue weighted by atomic mass is 9.85. The van der Waals surface area contributed by atoms with Crippen LogP contribution in [0.2, 0.25) is 0 Å². The van der Waals surface area contributed by atoms with Crippen molar-refractivity contribution >= 4 is 29.3 Å². The van der Waals surface area contributed by atoms with Crippen LogP contribution in [0, 0.1) is 16.0 Å². The van der Waals surface area contributed by atoms with E-state index in [0.717, 1.165) is 0 Å². The number of fused-ring (bicyclic) bond motifs is 1. The Bertz CT molecular complexity index is 728. The van der Waals surface area contributed by atoms with Crippen molar-refractivity contribution < 1.29 is 19.6 Å². The lowest BCUT2D eigenvalue weighted by Gasteiger charge is -2.42. The zero-order valence-electron chi connectivity index (χ0n) is 12.3. The number of benzene rings is 1. The van der Waals surface area contributed by atoms with Crippen molar-refractivity contribution in [2.75, 3.05) is 0 Å². The highest BCUT2D eigenvalue weighted by Crippen LogP contribution is 2.48. The summed E-state index contributed by atoms with van der Waals surface area (Å²) in [6, 6.07) is 5.87. The average molecular weight is 334 g/mol. The molecule has 0 aromatic heterocycles. The van der Waals surface area contributed by atoms with Gasteiger partial charge in [0.05, 0.1) is 16.9 Å². The molecular weight excluding hydrogens is 320 g/mol. The van der Waals surface area contributed by atoms with E-state index in [1.807, 2.05) is 6.92 Å². The number of rotatable bonds is 5. The Morgan fingerprint density at radius 3 is 2.61 bits per heavy atom. The minimum Gasteiger partial charge on any atom is -0.477 e. The first-order valence-electron chi connectivity index (χ1n) is 7.15. The summed E-state index contributed by atoms with van der Waals surface area (Å²) in [7, 11) is 0. The topological polar surface area (TPSA) is 101 Å². The van der Waals surface area contributed by atoms with E-state index in [1.54, 1.807) is 12.1 Å². The number of carbonyl (C=O) groups is 2. The van der Waals surface area contributed by atoms with Gasteiger partial charge in [-0.15, -0.1) is 0 Å². The van der Waals surface area contributed by atoms with Crippen molar-refractivity contribution in [2.45, 2.75) is 30.7 Å². The highest BCUT2D eigenvalue weighted by Gasteiger charge is 2.54. The predicted octanol–water partition coefficient (Wildman–Crippen LogP) is 2.62. The molecule has 1 amide bonds. The third-order valence-electron chi connectivity index (χ3n) is 4.18. The van der Waals surface area contributed by atoms with Crippen molar-refractivity contribution in [2.24, 2.45) is 5.92 Å². The molecule has 2 aliphatic rings. The minimum atomic E-state index is -1.11. The Balaban J connectivity index is 1.85. The van der Waals surface area contributed by atoms with Crippen LogP contribution in [0.15, 0.2) is 39.8 Å². The van der Waals surface area contributed by atoms with Crippen LogP contribution in [0.25, 0.3) is 0 Å². The summed E-state index contributed by atoms with van der Waals surface area (Å²) < 4.78 is 0. The predicted molar refractivity (Wildman–Crippen MR) is 82.6 cm³/mol. The number of non-ortho nitro benzene ring substituents is 1. The third-order valence-corrected chi connectivity index (χ3v) is 5.30. The first-order valence-corrected chi connectivity index (χ1v) is 7.97. The van der Waals surface area contributed by atoms with E-state index in [1.165, 1.54) is 28.8 Å². The molecule has 0 radical (unpaired) electrons. The molecule has 1 saturated heterocycles. The van der Waals surface area contributed by atoms with Gasteiger partial charge in [0.25, 0.3) is 5.69 Å². The van der Waals surface area contributed by atoms with Crippen LogP contribution >= 0.6 is 11.8 Å². The highest BCUT2D eigenvalue weighted by atomic mass is 32.2. The summed E-state index contributed by atoms with van der Waals surface area (Å²) in [5, 5.41) is 20.1. The molecule has 120 valence electrons. The lowest BCUT2D eigenvalue weighted by molar-refractivity contribution is -0.384. The summed E-state index contributed by atoms with van der Waals surface area (Å²) in [6.07, 6.45) is 1.22. The van der Waals surface area contributed by atoms with Gasteiger partial charge in [-0.25, -0.2) is 4.79 Å². The standard InChI is InChI=1S/C15H14N2O5S/c1-2-10-11-7-12(13(15(19)20)16(11)14(10)18)23-9-5-3-8(4-6-9)17(21)22/h3-6,10-11H,2,7H2,1H3,(H,19,20). The highest BCUT2D eigenvalue weighted by molar-refractivity contribution is 8.03. The maximum Gasteiger partial charge on any atom is 0.353 e. The van der Waals surface area contributed by atoms with Crippen LogP contribution < -0.4 is 0 Å². The van der Waals surface area contributed by atoms with Crippen molar-refractivity contribution in [3.05, 3.63) is 45.0 Å². The summed E-state index contributed by atoms with van der Waals surface area (Å²) >= 11 is 1.25. The number of nitro benzene ring substituents is 1.